The van der Waals surface area contributed by atoms with E-state index in [2.05, 4.69) is 44.3 Å². The summed E-state index contributed by atoms with van der Waals surface area (Å²) in [6.07, 6.45) is 6.47. The Labute approximate surface area is 130 Å². The van der Waals surface area contributed by atoms with Gasteiger partial charge in [0, 0.05) is 12.1 Å². The van der Waals surface area contributed by atoms with Crippen molar-refractivity contribution in [1.82, 2.24) is 5.32 Å². The molecule has 0 aromatic heterocycles. The van der Waals surface area contributed by atoms with Crippen molar-refractivity contribution in [2.24, 2.45) is 11.8 Å². The summed E-state index contributed by atoms with van der Waals surface area (Å²) in [5, 5.41) is 3.82. The Morgan fingerprint density at radius 2 is 1.76 bits per heavy atom. The maximum absolute atomic E-state index is 5.45. The van der Waals surface area contributed by atoms with E-state index in [0.717, 1.165) is 24.0 Å². The molecular weight excluding hydrogens is 258 g/mol. The number of rotatable bonds is 6. The van der Waals surface area contributed by atoms with Crippen molar-refractivity contribution in [3.8, 4) is 5.75 Å². The normalized spacial score (nSPS) is 24.0. The Morgan fingerprint density at radius 3 is 2.38 bits per heavy atom. The van der Waals surface area contributed by atoms with Crippen LogP contribution in [-0.2, 0) is 6.42 Å². The van der Waals surface area contributed by atoms with Crippen molar-refractivity contribution in [2.75, 3.05) is 7.11 Å². The van der Waals surface area contributed by atoms with Crippen LogP contribution in [-0.4, -0.2) is 19.2 Å². The predicted octanol–water partition coefficient (Wildman–Crippen LogP) is 4.43. The van der Waals surface area contributed by atoms with Crippen LogP contribution < -0.4 is 10.1 Å². The molecule has 1 aromatic rings. The topological polar surface area (TPSA) is 21.3 Å². The van der Waals surface area contributed by atoms with Crippen LogP contribution in [0.4, 0.5) is 0 Å². The summed E-state index contributed by atoms with van der Waals surface area (Å²) in [7, 11) is 1.75. The number of para-hydroxylation sites is 1. The summed E-state index contributed by atoms with van der Waals surface area (Å²) in [6, 6.07) is 9.56. The van der Waals surface area contributed by atoms with Gasteiger partial charge in [0.15, 0.2) is 0 Å². The van der Waals surface area contributed by atoms with Crippen LogP contribution in [0.5, 0.6) is 5.75 Å². The molecule has 1 N–H and O–H groups in total. The van der Waals surface area contributed by atoms with Gasteiger partial charge in [0.1, 0.15) is 5.75 Å². The maximum atomic E-state index is 5.45. The summed E-state index contributed by atoms with van der Waals surface area (Å²) < 4.78 is 5.45. The Kier molecular flexibility index (Phi) is 6.10. The molecule has 0 radical (unpaired) electrons. The zero-order valence-electron chi connectivity index (χ0n) is 14.1. The second kappa shape index (κ2) is 7.84. The van der Waals surface area contributed by atoms with Crippen LogP contribution in [0.15, 0.2) is 24.3 Å². The average Bonchev–Trinajstić information content (AvgIpc) is 2.48. The van der Waals surface area contributed by atoms with Crippen molar-refractivity contribution in [3.63, 3.8) is 0 Å². The van der Waals surface area contributed by atoms with Gasteiger partial charge in [-0.2, -0.15) is 0 Å². The first-order valence-electron chi connectivity index (χ1n) is 8.48. The number of benzene rings is 1. The average molecular weight is 289 g/mol. The molecule has 1 atom stereocenters. The second-order valence-corrected chi connectivity index (χ2v) is 6.94. The van der Waals surface area contributed by atoms with Crippen LogP contribution in [0.2, 0.25) is 0 Å². The Morgan fingerprint density at radius 1 is 1.10 bits per heavy atom. The molecule has 2 rings (SSSR count). The molecule has 2 nitrogen and oxygen atoms in total. The van der Waals surface area contributed by atoms with Gasteiger partial charge in [-0.15, -0.1) is 0 Å². The molecule has 1 saturated carbocycles. The molecule has 21 heavy (non-hydrogen) atoms. The van der Waals surface area contributed by atoms with Crippen molar-refractivity contribution in [3.05, 3.63) is 29.8 Å². The minimum absolute atomic E-state index is 0.502. The number of hydrogen-bond acceptors (Lipinski definition) is 2. The van der Waals surface area contributed by atoms with E-state index in [9.17, 15) is 0 Å². The molecule has 0 bridgehead atoms. The number of hydrogen-bond donors (Lipinski definition) is 1. The smallest absolute Gasteiger partial charge is 0.122 e. The molecule has 0 heterocycles. The summed E-state index contributed by atoms with van der Waals surface area (Å²) >= 11 is 0. The molecule has 0 spiro atoms. The van der Waals surface area contributed by atoms with E-state index in [0.29, 0.717) is 12.1 Å². The molecule has 1 unspecified atom stereocenters. The SMILES string of the molecule is COc1ccccc1CC(C)NC1CCC(C(C)C)CC1. The number of nitrogens with one attached hydrogen (secondary N) is 1. The van der Waals surface area contributed by atoms with Gasteiger partial charge in [0.2, 0.25) is 0 Å². The van der Waals surface area contributed by atoms with Gasteiger partial charge < -0.3 is 10.1 Å². The molecule has 0 aliphatic heterocycles. The fourth-order valence-electron chi connectivity index (χ4n) is 3.62. The Bertz CT molecular complexity index is 421. The maximum Gasteiger partial charge on any atom is 0.122 e. The van der Waals surface area contributed by atoms with Gasteiger partial charge in [0.25, 0.3) is 0 Å². The first-order valence-corrected chi connectivity index (χ1v) is 8.48. The summed E-state index contributed by atoms with van der Waals surface area (Å²) in [5.41, 5.74) is 1.30. The van der Waals surface area contributed by atoms with Gasteiger partial charge >= 0.3 is 0 Å². The van der Waals surface area contributed by atoms with Gasteiger partial charge in [-0.25, -0.2) is 0 Å². The third-order valence-corrected chi connectivity index (χ3v) is 4.95. The highest BCUT2D eigenvalue weighted by Gasteiger charge is 2.24. The van der Waals surface area contributed by atoms with Crippen molar-refractivity contribution in [2.45, 2.75) is 65.0 Å². The molecule has 1 aliphatic rings. The van der Waals surface area contributed by atoms with E-state index in [4.69, 9.17) is 4.74 Å². The van der Waals surface area contributed by atoms with Crippen LogP contribution in [0.1, 0.15) is 52.0 Å². The summed E-state index contributed by atoms with van der Waals surface area (Å²) in [6.45, 7) is 7.02. The molecule has 0 amide bonds. The molecule has 1 fully saturated rings. The van der Waals surface area contributed by atoms with Gasteiger partial charge in [-0.3, -0.25) is 0 Å². The van der Waals surface area contributed by atoms with E-state index in [-0.39, 0.29) is 0 Å². The van der Waals surface area contributed by atoms with Crippen molar-refractivity contribution in [1.29, 1.82) is 0 Å². The van der Waals surface area contributed by atoms with Gasteiger partial charge in [0.05, 0.1) is 7.11 Å². The monoisotopic (exact) mass is 289 g/mol. The lowest BCUT2D eigenvalue weighted by Crippen LogP contribution is -2.40. The number of methoxy groups -OCH3 is 1. The minimum atomic E-state index is 0.502. The van der Waals surface area contributed by atoms with E-state index >= 15 is 0 Å². The molecule has 2 heteroatoms. The first-order chi connectivity index (χ1) is 10.1. The molecular formula is C19H31NO. The van der Waals surface area contributed by atoms with Crippen LogP contribution in [0.3, 0.4) is 0 Å². The third-order valence-electron chi connectivity index (χ3n) is 4.95. The second-order valence-electron chi connectivity index (χ2n) is 6.94. The minimum Gasteiger partial charge on any atom is -0.496 e. The quantitative estimate of drug-likeness (QED) is 0.836. The standard InChI is InChI=1S/C19H31NO/c1-14(2)16-9-11-18(12-10-16)20-15(3)13-17-7-5-6-8-19(17)21-4/h5-8,14-16,18,20H,9-13H2,1-4H3. The largest absolute Gasteiger partial charge is 0.496 e. The van der Waals surface area contributed by atoms with E-state index in [1.165, 1.54) is 31.2 Å². The van der Waals surface area contributed by atoms with Crippen LogP contribution in [0.25, 0.3) is 0 Å². The predicted molar refractivity (Wildman–Crippen MR) is 89.9 cm³/mol. The fraction of sp³-hybridized carbons (Fsp3) is 0.684. The Hall–Kier alpha value is -1.02. The molecule has 1 aromatic carbocycles. The summed E-state index contributed by atoms with van der Waals surface area (Å²) in [5.74, 6) is 2.79. The zero-order chi connectivity index (χ0) is 15.2. The van der Waals surface area contributed by atoms with Crippen molar-refractivity contribution >= 4 is 0 Å². The fourth-order valence-corrected chi connectivity index (χ4v) is 3.62. The summed E-state index contributed by atoms with van der Waals surface area (Å²) in [4.78, 5) is 0. The highest BCUT2D eigenvalue weighted by atomic mass is 16.5. The Balaban J connectivity index is 1.81. The van der Waals surface area contributed by atoms with E-state index in [1.54, 1.807) is 7.11 Å². The number of ether oxygens (including phenoxy) is 1. The third kappa shape index (κ3) is 4.74. The van der Waals surface area contributed by atoms with Gasteiger partial charge in [-0.1, -0.05) is 32.0 Å². The highest BCUT2D eigenvalue weighted by molar-refractivity contribution is 5.33. The van der Waals surface area contributed by atoms with Crippen LogP contribution >= 0.6 is 0 Å². The molecule has 1 aliphatic carbocycles. The molecule has 0 saturated heterocycles. The lowest BCUT2D eigenvalue weighted by atomic mass is 9.79. The lowest BCUT2D eigenvalue weighted by Gasteiger charge is -2.33. The highest BCUT2D eigenvalue weighted by Crippen LogP contribution is 2.30. The first kappa shape index (κ1) is 16.4. The van der Waals surface area contributed by atoms with Crippen molar-refractivity contribution < 1.29 is 4.74 Å². The van der Waals surface area contributed by atoms with E-state index < -0.39 is 0 Å². The lowest BCUT2D eigenvalue weighted by molar-refractivity contribution is 0.230. The van der Waals surface area contributed by atoms with Gasteiger partial charge in [-0.05, 0) is 62.5 Å². The molecule has 118 valence electrons. The zero-order valence-corrected chi connectivity index (χ0v) is 14.1. The van der Waals surface area contributed by atoms with Crippen LogP contribution in [0, 0.1) is 11.8 Å². The van der Waals surface area contributed by atoms with E-state index in [1.807, 2.05) is 6.07 Å².